The standard InChI is InChI=1S/C14H23NO2/c1-11(2)9-15-14(3,10-16)12-7-5-6-8-13(12)17-4/h5-8,11,15-16H,9-10H2,1-4H3. The van der Waals surface area contributed by atoms with E-state index in [4.69, 9.17) is 4.74 Å². The zero-order chi connectivity index (χ0) is 12.9. The van der Waals surface area contributed by atoms with Crippen molar-refractivity contribution in [3.8, 4) is 5.75 Å². The van der Waals surface area contributed by atoms with Gasteiger partial charge in [-0.15, -0.1) is 0 Å². The highest BCUT2D eigenvalue weighted by Gasteiger charge is 2.28. The molecule has 1 rings (SSSR count). The predicted octanol–water partition coefficient (Wildman–Crippen LogP) is 2.15. The molecule has 0 heterocycles. The van der Waals surface area contributed by atoms with Crippen molar-refractivity contribution in [3.63, 3.8) is 0 Å². The van der Waals surface area contributed by atoms with Gasteiger partial charge in [0.1, 0.15) is 5.75 Å². The monoisotopic (exact) mass is 237 g/mol. The van der Waals surface area contributed by atoms with Gasteiger partial charge < -0.3 is 15.2 Å². The van der Waals surface area contributed by atoms with E-state index in [0.29, 0.717) is 5.92 Å². The molecule has 96 valence electrons. The second-order valence-corrected chi connectivity index (χ2v) is 4.97. The lowest BCUT2D eigenvalue weighted by molar-refractivity contribution is 0.168. The van der Waals surface area contributed by atoms with E-state index in [1.165, 1.54) is 0 Å². The Labute approximate surface area is 104 Å². The maximum absolute atomic E-state index is 9.65. The molecule has 1 unspecified atom stereocenters. The molecule has 3 heteroatoms. The summed E-state index contributed by atoms with van der Waals surface area (Å²) in [7, 11) is 1.65. The molecular weight excluding hydrogens is 214 g/mol. The lowest BCUT2D eigenvalue weighted by Gasteiger charge is -2.31. The van der Waals surface area contributed by atoms with Crippen molar-refractivity contribution in [1.29, 1.82) is 0 Å². The summed E-state index contributed by atoms with van der Waals surface area (Å²) in [5.41, 5.74) is 0.530. The molecule has 0 aromatic heterocycles. The Bertz CT molecular complexity index is 352. The molecular formula is C14H23NO2. The number of ether oxygens (including phenoxy) is 1. The van der Waals surface area contributed by atoms with Gasteiger partial charge >= 0.3 is 0 Å². The molecule has 1 atom stereocenters. The molecule has 0 saturated heterocycles. The fourth-order valence-electron chi connectivity index (χ4n) is 1.77. The fourth-order valence-corrected chi connectivity index (χ4v) is 1.77. The highest BCUT2D eigenvalue weighted by Crippen LogP contribution is 2.29. The molecule has 2 N–H and O–H groups in total. The Kier molecular flexibility index (Phi) is 4.97. The predicted molar refractivity (Wildman–Crippen MR) is 70.3 cm³/mol. The van der Waals surface area contributed by atoms with Gasteiger partial charge in [0, 0.05) is 5.56 Å². The van der Waals surface area contributed by atoms with Crippen LogP contribution < -0.4 is 10.1 Å². The van der Waals surface area contributed by atoms with Gasteiger partial charge in [0.2, 0.25) is 0 Å². The quantitative estimate of drug-likeness (QED) is 0.796. The third kappa shape index (κ3) is 3.45. The van der Waals surface area contributed by atoms with E-state index in [1.807, 2.05) is 31.2 Å². The fraction of sp³-hybridized carbons (Fsp3) is 0.571. The topological polar surface area (TPSA) is 41.5 Å². The second kappa shape index (κ2) is 6.03. The second-order valence-electron chi connectivity index (χ2n) is 4.97. The molecule has 0 spiro atoms. The summed E-state index contributed by atoms with van der Waals surface area (Å²) >= 11 is 0. The smallest absolute Gasteiger partial charge is 0.123 e. The third-order valence-corrected chi connectivity index (χ3v) is 2.92. The summed E-state index contributed by atoms with van der Waals surface area (Å²) in [6.07, 6.45) is 0. The van der Waals surface area contributed by atoms with Gasteiger partial charge in [-0.1, -0.05) is 32.0 Å². The largest absolute Gasteiger partial charge is 0.496 e. The average molecular weight is 237 g/mol. The lowest BCUT2D eigenvalue weighted by atomic mass is 9.91. The average Bonchev–Trinajstić information content (AvgIpc) is 2.36. The van der Waals surface area contributed by atoms with Gasteiger partial charge in [-0.2, -0.15) is 0 Å². The van der Waals surface area contributed by atoms with Crippen molar-refractivity contribution in [1.82, 2.24) is 5.32 Å². The van der Waals surface area contributed by atoms with E-state index in [9.17, 15) is 5.11 Å². The zero-order valence-electron chi connectivity index (χ0n) is 11.2. The van der Waals surface area contributed by atoms with Crippen molar-refractivity contribution in [3.05, 3.63) is 29.8 Å². The van der Waals surface area contributed by atoms with Gasteiger partial charge in [-0.05, 0) is 25.5 Å². The first kappa shape index (κ1) is 14.0. The number of methoxy groups -OCH3 is 1. The number of nitrogens with one attached hydrogen (secondary N) is 1. The SMILES string of the molecule is COc1ccccc1C(C)(CO)NCC(C)C. The third-order valence-electron chi connectivity index (χ3n) is 2.92. The van der Waals surface area contributed by atoms with Crippen molar-refractivity contribution < 1.29 is 9.84 Å². The number of benzene rings is 1. The van der Waals surface area contributed by atoms with Crippen LogP contribution in [0.5, 0.6) is 5.75 Å². The van der Waals surface area contributed by atoms with E-state index in [1.54, 1.807) is 7.11 Å². The first-order chi connectivity index (χ1) is 8.03. The summed E-state index contributed by atoms with van der Waals surface area (Å²) < 4.78 is 5.35. The van der Waals surface area contributed by atoms with Gasteiger partial charge in [-0.25, -0.2) is 0 Å². The minimum atomic E-state index is -0.461. The number of aliphatic hydroxyl groups is 1. The Morgan fingerprint density at radius 3 is 2.53 bits per heavy atom. The molecule has 17 heavy (non-hydrogen) atoms. The molecule has 0 fully saturated rings. The van der Waals surface area contributed by atoms with Crippen LogP contribution in [0.15, 0.2) is 24.3 Å². The first-order valence-corrected chi connectivity index (χ1v) is 6.03. The minimum absolute atomic E-state index is 0.0418. The van der Waals surface area contributed by atoms with Crippen LogP contribution in [-0.4, -0.2) is 25.4 Å². The maximum atomic E-state index is 9.65. The number of para-hydroxylation sites is 1. The van der Waals surface area contributed by atoms with Crippen LogP contribution in [-0.2, 0) is 5.54 Å². The summed E-state index contributed by atoms with van der Waals surface area (Å²) in [5.74, 6) is 1.34. The summed E-state index contributed by atoms with van der Waals surface area (Å²) in [6, 6.07) is 7.80. The normalized spacial score (nSPS) is 14.7. The number of aliphatic hydroxyl groups excluding tert-OH is 1. The molecule has 0 aliphatic heterocycles. The molecule has 0 saturated carbocycles. The number of hydrogen-bond acceptors (Lipinski definition) is 3. The van der Waals surface area contributed by atoms with E-state index < -0.39 is 5.54 Å². The Morgan fingerprint density at radius 1 is 1.35 bits per heavy atom. The van der Waals surface area contributed by atoms with Crippen molar-refractivity contribution in [2.45, 2.75) is 26.3 Å². The van der Waals surface area contributed by atoms with Crippen LogP contribution in [0.3, 0.4) is 0 Å². The van der Waals surface area contributed by atoms with Crippen LogP contribution in [0.25, 0.3) is 0 Å². The summed E-state index contributed by atoms with van der Waals surface area (Å²) in [5, 5.41) is 13.1. The van der Waals surface area contributed by atoms with Gasteiger partial charge in [0.15, 0.2) is 0 Å². The molecule has 0 aliphatic rings. The zero-order valence-corrected chi connectivity index (χ0v) is 11.2. The van der Waals surface area contributed by atoms with Crippen LogP contribution in [0.4, 0.5) is 0 Å². The summed E-state index contributed by atoms with van der Waals surface area (Å²) in [6.45, 7) is 7.18. The van der Waals surface area contributed by atoms with E-state index in [-0.39, 0.29) is 6.61 Å². The molecule has 0 aliphatic carbocycles. The number of hydrogen-bond donors (Lipinski definition) is 2. The Hall–Kier alpha value is -1.06. The number of rotatable bonds is 6. The lowest BCUT2D eigenvalue weighted by Crippen LogP contribution is -2.44. The molecule has 0 radical (unpaired) electrons. The van der Waals surface area contributed by atoms with Gasteiger partial charge in [0.25, 0.3) is 0 Å². The van der Waals surface area contributed by atoms with Crippen LogP contribution in [0.1, 0.15) is 26.3 Å². The van der Waals surface area contributed by atoms with E-state index in [2.05, 4.69) is 19.2 Å². The van der Waals surface area contributed by atoms with Gasteiger partial charge in [0.05, 0.1) is 19.3 Å². The highest BCUT2D eigenvalue weighted by molar-refractivity contribution is 5.38. The van der Waals surface area contributed by atoms with Crippen molar-refractivity contribution in [2.75, 3.05) is 20.3 Å². The molecule has 1 aromatic carbocycles. The van der Waals surface area contributed by atoms with Crippen molar-refractivity contribution >= 4 is 0 Å². The van der Waals surface area contributed by atoms with Crippen LogP contribution in [0.2, 0.25) is 0 Å². The molecule has 0 amide bonds. The Morgan fingerprint density at radius 2 is 2.00 bits per heavy atom. The summed E-state index contributed by atoms with van der Waals surface area (Å²) in [4.78, 5) is 0. The molecule has 3 nitrogen and oxygen atoms in total. The molecule has 1 aromatic rings. The Balaban J connectivity index is 2.98. The van der Waals surface area contributed by atoms with Crippen LogP contribution >= 0.6 is 0 Å². The van der Waals surface area contributed by atoms with E-state index >= 15 is 0 Å². The maximum Gasteiger partial charge on any atom is 0.123 e. The highest BCUT2D eigenvalue weighted by atomic mass is 16.5. The first-order valence-electron chi connectivity index (χ1n) is 6.03. The molecule has 0 bridgehead atoms. The van der Waals surface area contributed by atoms with Gasteiger partial charge in [-0.3, -0.25) is 0 Å². The van der Waals surface area contributed by atoms with Crippen LogP contribution in [0, 0.1) is 5.92 Å². The minimum Gasteiger partial charge on any atom is -0.496 e. The van der Waals surface area contributed by atoms with E-state index in [0.717, 1.165) is 17.9 Å². The van der Waals surface area contributed by atoms with Crippen molar-refractivity contribution in [2.24, 2.45) is 5.92 Å².